The lowest BCUT2D eigenvalue weighted by Crippen LogP contribution is -2.55. The summed E-state index contributed by atoms with van der Waals surface area (Å²) in [7, 11) is 0. The second-order valence-electron chi connectivity index (χ2n) is 5.97. The summed E-state index contributed by atoms with van der Waals surface area (Å²) in [4.78, 5) is 2.40. The first kappa shape index (κ1) is 15.9. The van der Waals surface area contributed by atoms with Gasteiger partial charge in [-0.2, -0.15) is 0 Å². The average molecular weight is 344 g/mol. The Morgan fingerprint density at radius 2 is 1.95 bits per heavy atom. The van der Waals surface area contributed by atoms with Crippen LogP contribution in [0.25, 0.3) is 0 Å². The molecule has 20 heavy (non-hydrogen) atoms. The van der Waals surface area contributed by atoms with Crippen LogP contribution in [-0.4, -0.2) is 23.5 Å². The number of likely N-dealkylation sites (tertiary alicyclic amines) is 1. The molecule has 1 aliphatic rings. The molecule has 112 valence electrons. The number of halogens is 2. The molecule has 0 bridgehead atoms. The van der Waals surface area contributed by atoms with E-state index < -0.39 is 0 Å². The molecule has 1 saturated heterocycles. The monoisotopic (exact) mass is 343 g/mol. The highest BCUT2D eigenvalue weighted by Gasteiger charge is 2.37. The number of nitrogens with one attached hydrogen (secondary N) is 1. The first-order chi connectivity index (χ1) is 9.46. The van der Waals surface area contributed by atoms with E-state index >= 15 is 0 Å². The molecule has 0 spiro atoms. The van der Waals surface area contributed by atoms with Crippen LogP contribution in [0.1, 0.15) is 44.7 Å². The van der Waals surface area contributed by atoms with Crippen LogP contribution in [0.15, 0.2) is 22.7 Å². The van der Waals surface area contributed by atoms with Gasteiger partial charge in [-0.05, 0) is 58.0 Å². The minimum atomic E-state index is -0.252. The van der Waals surface area contributed by atoms with Crippen LogP contribution in [0.4, 0.5) is 4.39 Å². The van der Waals surface area contributed by atoms with E-state index in [0.29, 0.717) is 5.56 Å². The Labute approximate surface area is 128 Å². The zero-order valence-corrected chi connectivity index (χ0v) is 13.7. The highest BCUT2D eigenvalue weighted by atomic mass is 79.9. The van der Waals surface area contributed by atoms with Crippen LogP contribution >= 0.6 is 15.9 Å². The quantitative estimate of drug-likeness (QED) is 0.650. The van der Waals surface area contributed by atoms with Gasteiger partial charge in [0, 0.05) is 15.6 Å². The first-order valence-electron chi connectivity index (χ1n) is 7.13. The molecule has 5 heteroatoms. The van der Waals surface area contributed by atoms with Gasteiger partial charge in [-0.25, -0.2) is 4.39 Å². The van der Waals surface area contributed by atoms with Gasteiger partial charge < -0.3 is 0 Å². The second-order valence-corrected chi connectivity index (χ2v) is 6.88. The van der Waals surface area contributed by atoms with Gasteiger partial charge in [-0.1, -0.05) is 22.4 Å². The number of hydrazine groups is 1. The van der Waals surface area contributed by atoms with Crippen LogP contribution < -0.4 is 11.3 Å². The molecular weight excluding hydrogens is 321 g/mol. The molecular formula is C15H23BrFN3. The molecule has 1 fully saturated rings. The van der Waals surface area contributed by atoms with E-state index in [4.69, 9.17) is 5.84 Å². The molecule has 1 aromatic rings. The van der Waals surface area contributed by atoms with Gasteiger partial charge in [-0.15, -0.1) is 0 Å². The summed E-state index contributed by atoms with van der Waals surface area (Å²) in [5.74, 6) is 5.54. The maximum Gasteiger partial charge on any atom is 0.128 e. The summed E-state index contributed by atoms with van der Waals surface area (Å²) in [5.41, 5.74) is 3.19. The lowest BCUT2D eigenvalue weighted by Gasteiger charge is -2.46. The first-order valence-corrected chi connectivity index (χ1v) is 7.92. The van der Waals surface area contributed by atoms with Crippen molar-refractivity contribution in [1.82, 2.24) is 10.3 Å². The highest BCUT2D eigenvalue weighted by Crippen LogP contribution is 2.34. The van der Waals surface area contributed by atoms with Gasteiger partial charge in [0.25, 0.3) is 0 Å². The summed E-state index contributed by atoms with van der Waals surface area (Å²) in [5, 5.41) is 0. The normalized spacial score (nSPS) is 19.1. The standard InChI is InChI=1S/C15H23BrFN3/c1-15(2,20-8-4-3-5-9-20)14(19-18)12-10-11(16)6-7-13(12)17/h6-7,10,14,19H,3-5,8-9,18H2,1-2H3. The SMILES string of the molecule is CC(C)(C(NN)c1cc(Br)ccc1F)N1CCCCC1. The fourth-order valence-corrected chi connectivity index (χ4v) is 3.44. The molecule has 1 unspecified atom stereocenters. The smallest absolute Gasteiger partial charge is 0.128 e. The van der Waals surface area contributed by atoms with Gasteiger partial charge in [-0.3, -0.25) is 16.2 Å². The van der Waals surface area contributed by atoms with Crippen molar-refractivity contribution in [3.63, 3.8) is 0 Å². The van der Waals surface area contributed by atoms with Crippen molar-refractivity contribution in [1.29, 1.82) is 0 Å². The maximum absolute atomic E-state index is 14.2. The number of rotatable bonds is 4. The Morgan fingerprint density at radius 3 is 2.55 bits per heavy atom. The van der Waals surface area contributed by atoms with Gasteiger partial charge in [0.05, 0.1) is 6.04 Å². The number of nitrogens with two attached hydrogens (primary N) is 1. The highest BCUT2D eigenvalue weighted by molar-refractivity contribution is 9.10. The van der Waals surface area contributed by atoms with E-state index in [1.54, 1.807) is 6.07 Å². The number of hydrogen-bond acceptors (Lipinski definition) is 3. The number of hydrogen-bond donors (Lipinski definition) is 2. The zero-order chi connectivity index (χ0) is 14.8. The van der Waals surface area contributed by atoms with Gasteiger partial charge in [0.2, 0.25) is 0 Å². The van der Waals surface area contributed by atoms with Gasteiger partial charge in [0.1, 0.15) is 5.82 Å². The predicted octanol–water partition coefficient (Wildman–Crippen LogP) is 3.36. The minimum absolute atomic E-state index is 0.221. The van der Waals surface area contributed by atoms with E-state index in [9.17, 15) is 4.39 Å². The zero-order valence-electron chi connectivity index (χ0n) is 12.1. The number of benzene rings is 1. The van der Waals surface area contributed by atoms with Crippen LogP contribution in [0.5, 0.6) is 0 Å². The molecule has 3 nitrogen and oxygen atoms in total. The minimum Gasteiger partial charge on any atom is -0.296 e. The van der Waals surface area contributed by atoms with Gasteiger partial charge >= 0.3 is 0 Å². The summed E-state index contributed by atoms with van der Waals surface area (Å²) in [6.07, 6.45) is 3.67. The number of nitrogens with zero attached hydrogens (tertiary/aromatic N) is 1. The van der Waals surface area contributed by atoms with Crippen molar-refractivity contribution in [3.05, 3.63) is 34.1 Å². The number of piperidine rings is 1. The Kier molecular flexibility index (Phi) is 5.18. The van der Waals surface area contributed by atoms with E-state index in [-0.39, 0.29) is 17.4 Å². The van der Waals surface area contributed by atoms with Crippen LogP contribution in [0.2, 0.25) is 0 Å². The van der Waals surface area contributed by atoms with E-state index in [1.807, 2.05) is 6.07 Å². The van der Waals surface area contributed by atoms with Crippen molar-refractivity contribution in [2.75, 3.05) is 13.1 Å². The lowest BCUT2D eigenvalue weighted by molar-refractivity contribution is 0.0596. The molecule has 1 aromatic carbocycles. The van der Waals surface area contributed by atoms with E-state index in [0.717, 1.165) is 17.6 Å². The molecule has 0 aliphatic carbocycles. The largest absolute Gasteiger partial charge is 0.296 e. The third kappa shape index (κ3) is 3.22. The predicted molar refractivity (Wildman–Crippen MR) is 83.7 cm³/mol. The molecule has 1 heterocycles. The van der Waals surface area contributed by atoms with E-state index in [2.05, 4.69) is 40.1 Å². The molecule has 3 N–H and O–H groups in total. The van der Waals surface area contributed by atoms with Crippen molar-refractivity contribution < 1.29 is 4.39 Å². The third-order valence-corrected chi connectivity index (χ3v) is 4.81. The average Bonchev–Trinajstić information content (AvgIpc) is 2.44. The Morgan fingerprint density at radius 1 is 1.30 bits per heavy atom. The van der Waals surface area contributed by atoms with Crippen LogP contribution in [0, 0.1) is 5.82 Å². The summed E-state index contributed by atoms with van der Waals surface area (Å²) >= 11 is 3.41. The van der Waals surface area contributed by atoms with E-state index in [1.165, 1.54) is 25.3 Å². The fraction of sp³-hybridized carbons (Fsp3) is 0.600. The van der Waals surface area contributed by atoms with Crippen molar-refractivity contribution >= 4 is 15.9 Å². The maximum atomic E-state index is 14.2. The summed E-state index contributed by atoms with van der Waals surface area (Å²) in [6.45, 7) is 6.34. The Hall–Kier alpha value is -0.490. The van der Waals surface area contributed by atoms with Gasteiger partial charge in [0.15, 0.2) is 0 Å². The Balaban J connectivity index is 2.32. The topological polar surface area (TPSA) is 41.3 Å². The summed E-state index contributed by atoms with van der Waals surface area (Å²) in [6, 6.07) is 4.75. The van der Waals surface area contributed by atoms with Crippen LogP contribution in [-0.2, 0) is 0 Å². The fourth-order valence-electron chi connectivity index (χ4n) is 3.06. The summed E-state index contributed by atoms with van der Waals surface area (Å²) < 4.78 is 15.0. The Bertz CT molecular complexity index is 458. The molecule has 0 radical (unpaired) electrons. The molecule has 2 rings (SSSR count). The molecule has 1 atom stereocenters. The van der Waals surface area contributed by atoms with Crippen LogP contribution in [0.3, 0.4) is 0 Å². The molecule has 0 amide bonds. The second kappa shape index (κ2) is 6.52. The van der Waals surface area contributed by atoms with Crippen molar-refractivity contribution in [3.8, 4) is 0 Å². The molecule has 1 aliphatic heterocycles. The van der Waals surface area contributed by atoms with Crippen molar-refractivity contribution in [2.45, 2.75) is 44.7 Å². The third-order valence-electron chi connectivity index (χ3n) is 4.31. The molecule has 0 saturated carbocycles. The van der Waals surface area contributed by atoms with Crippen molar-refractivity contribution in [2.24, 2.45) is 5.84 Å². The lowest BCUT2D eigenvalue weighted by atomic mass is 9.85. The molecule has 0 aromatic heterocycles.